The van der Waals surface area contributed by atoms with Crippen LogP contribution < -0.4 is 14.8 Å². The Labute approximate surface area is 172 Å². The number of aryl methyl sites for hydroxylation is 2. The van der Waals surface area contributed by atoms with Gasteiger partial charge in [-0.25, -0.2) is 12.7 Å². The van der Waals surface area contributed by atoms with Crippen LogP contribution in [0.15, 0.2) is 35.2 Å². The SMILES string of the molecule is COc1ccc(CCC(=O)Nc2cc(S(=O)(=O)N(C)C)cc(C)c2C)cc1OC. The maximum Gasteiger partial charge on any atom is 0.242 e. The van der Waals surface area contributed by atoms with E-state index in [0.717, 1.165) is 21.0 Å². The molecule has 0 bridgehead atoms. The molecule has 2 rings (SSSR count). The number of anilines is 1. The van der Waals surface area contributed by atoms with Crippen LogP contribution in [-0.2, 0) is 21.2 Å². The second-order valence-electron chi connectivity index (χ2n) is 6.94. The lowest BCUT2D eigenvalue weighted by Crippen LogP contribution is -2.23. The van der Waals surface area contributed by atoms with Crippen molar-refractivity contribution in [3.8, 4) is 11.5 Å². The van der Waals surface area contributed by atoms with E-state index < -0.39 is 10.0 Å². The Morgan fingerprint density at radius 2 is 1.69 bits per heavy atom. The van der Waals surface area contributed by atoms with Gasteiger partial charge in [0.2, 0.25) is 15.9 Å². The maximum absolute atomic E-state index is 12.5. The van der Waals surface area contributed by atoms with Crippen LogP contribution in [0.25, 0.3) is 0 Å². The molecule has 1 N–H and O–H groups in total. The quantitative estimate of drug-likeness (QED) is 0.709. The van der Waals surface area contributed by atoms with Crippen molar-refractivity contribution < 1.29 is 22.7 Å². The summed E-state index contributed by atoms with van der Waals surface area (Å²) in [6, 6.07) is 8.64. The van der Waals surface area contributed by atoms with Gasteiger partial charge in [0.1, 0.15) is 0 Å². The van der Waals surface area contributed by atoms with Gasteiger partial charge < -0.3 is 14.8 Å². The number of sulfonamides is 1. The third kappa shape index (κ3) is 5.27. The first kappa shape index (κ1) is 22.7. The molecule has 29 heavy (non-hydrogen) atoms. The molecule has 0 atom stereocenters. The number of methoxy groups -OCH3 is 2. The zero-order chi connectivity index (χ0) is 21.8. The lowest BCUT2D eigenvalue weighted by Gasteiger charge is -2.16. The molecule has 0 radical (unpaired) electrons. The van der Waals surface area contributed by atoms with Crippen LogP contribution in [0.5, 0.6) is 11.5 Å². The van der Waals surface area contributed by atoms with Crippen molar-refractivity contribution in [3.05, 3.63) is 47.0 Å². The molecule has 0 aliphatic carbocycles. The minimum absolute atomic E-state index is 0.154. The minimum Gasteiger partial charge on any atom is -0.493 e. The molecule has 7 nitrogen and oxygen atoms in total. The first-order chi connectivity index (χ1) is 13.6. The van der Waals surface area contributed by atoms with Gasteiger partial charge in [0, 0.05) is 26.2 Å². The Bertz CT molecular complexity index is 1000. The summed E-state index contributed by atoms with van der Waals surface area (Å²) in [5.74, 6) is 1.05. The van der Waals surface area contributed by atoms with Crippen molar-refractivity contribution in [1.82, 2.24) is 4.31 Å². The second kappa shape index (κ2) is 9.28. The van der Waals surface area contributed by atoms with Crippen LogP contribution in [0.2, 0.25) is 0 Å². The van der Waals surface area contributed by atoms with Crippen LogP contribution in [0.3, 0.4) is 0 Å². The molecule has 8 heteroatoms. The van der Waals surface area contributed by atoms with Crippen molar-refractivity contribution in [2.75, 3.05) is 33.6 Å². The van der Waals surface area contributed by atoms with E-state index in [9.17, 15) is 13.2 Å². The highest BCUT2D eigenvalue weighted by molar-refractivity contribution is 7.89. The van der Waals surface area contributed by atoms with Crippen LogP contribution in [0.4, 0.5) is 5.69 Å². The average Bonchev–Trinajstić information content (AvgIpc) is 2.69. The normalized spacial score (nSPS) is 11.4. The molecule has 0 spiro atoms. The van der Waals surface area contributed by atoms with Gasteiger partial charge >= 0.3 is 0 Å². The third-order valence-corrected chi connectivity index (χ3v) is 6.58. The number of benzene rings is 2. The zero-order valence-corrected chi connectivity index (χ0v) is 18.5. The second-order valence-corrected chi connectivity index (χ2v) is 9.09. The summed E-state index contributed by atoms with van der Waals surface area (Å²) in [6.07, 6.45) is 0.762. The number of amides is 1. The molecule has 0 heterocycles. The van der Waals surface area contributed by atoms with Gasteiger partial charge in [0.25, 0.3) is 0 Å². The van der Waals surface area contributed by atoms with Gasteiger partial charge in [-0.2, -0.15) is 0 Å². The summed E-state index contributed by atoms with van der Waals surface area (Å²) in [6.45, 7) is 3.68. The van der Waals surface area contributed by atoms with Gasteiger partial charge in [-0.05, 0) is 61.2 Å². The molecule has 1 amide bonds. The number of nitrogens with zero attached hydrogens (tertiary/aromatic N) is 1. The molecule has 158 valence electrons. The molecule has 0 aliphatic rings. The standard InChI is InChI=1S/C21H28N2O5S/c1-14-11-17(29(25,26)23(3)4)13-18(15(14)2)22-21(24)10-8-16-7-9-19(27-5)20(12-16)28-6/h7,9,11-13H,8,10H2,1-6H3,(H,22,24). The summed E-state index contributed by atoms with van der Waals surface area (Å²) < 4.78 is 36.6. The fourth-order valence-corrected chi connectivity index (χ4v) is 3.84. The first-order valence-corrected chi connectivity index (χ1v) is 10.6. The fourth-order valence-electron chi connectivity index (χ4n) is 2.82. The summed E-state index contributed by atoms with van der Waals surface area (Å²) >= 11 is 0. The van der Waals surface area contributed by atoms with Crippen molar-refractivity contribution in [2.45, 2.75) is 31.6 Å². The van der Waals surface area contributed by atoms with E-state index in [1.54, 1.807) is 26.4 Å². The van der Waals surface area contributed by atoms with Gasteiger partial charge in [-0.15, -0.1) is 0 Å². The molecule has 0 saturated carbocycles. The predicted octanol–water partition coefficient (Wildman–Crippen LogP) is 3.14. The maximum atomic E-state index is 12.5. The summed E-state index contributed by atoms with van der Waals surface area (Å²) in [5.41, 5.74) is 3.07. The number of carbonyl (C=O) groups excluding carboxylic acids is 1. The highest BCUT2D eigenvalue weighted by Crippen LogP contribution is 2.28. The van der Waals surface area contributed by atoms with Gasteiger partial charge in [0.05, 0.1) is 19.1 Å². The van der Waals surface area contributed by atoms with Crippen LogP contribution in [0.1, 0.15) is 23.1 Å². The summed E-state index contributed by atoms with van der Waals surface area (Å²) in [5, 5.41) is 2.85. The number of hydrogen-bond donors (Lipinski definition) is 1. The molecule has 2 aromatic carbocycles. The monoisotopic (exact) mass is 420 g/mol. The molecular formula is C21H28N2O5S. The topological polar surface area (TPSA) is 84.9 Å². The largest absolute Gasteiger partial charge is 0.493 e. The lowest BCUT2D eigenvalue weighted by atomic mass is 10.1. The Morgan fingerprint density at radius 3 is 2.28 bits per heavy atom. The predicted molar refractivity (Wildman–Crippen MR) is 113 cm³/mol. The number of ether oxygens (including phenoxy) is 2. The number of hydrogen-bond acceptors (Lipinski definition) is 5. The zero-order valence-electron chi connectivity index (χ0n) is 17.7. The molecule has 0 fully saturated rings. The smallest absolute Gasteiger partial charge is 0.242 e. The summed E-state index contributed by atoms with van der Waals surface area (Å²) in [4.78, 5) is 12.6. The Balaban J connectivity index is 2.16. The molecule has 2 aromatic rings. The highest BCUT2D eigenvalue weighted by Gasteiger charge is 2.20. The highest BCUT2D eigenvalue weighted by atomic mass is 32.2. The fraction of sp³-hybridized carbons (Fsp3) is 0.381. The van der Waals surface area contributed by atoms with Crippen LogP contribution in [-0.4, -0.2) is 46.9 Å². The van der Waals surface area contributed by atoms with Gasteiger partial charge in [0.15, 0.2) is 11.5 Å². The molecule has 0 saturated heterocycles. The first-order valence-electron chi connectivity index (χ1n) is 9.14. The van der Waals surface area contributed by atoms with Crippen molar-refractivity contribution in [3.63, 3.8) is 0 Å². The van der Waals surface area contributed by atoms with E-state index in [0.29, 0.717) is 23.6 Å². The Morgan fingerprint density at radius 1 is 1.03 bits per heavy atom. The van der Waals surface area contributed by atoms with Crippen molar-refractivity contribution in [2.24, 2.45) is 0 Å². The number of rotatable bonds is 8. The molecule has 0 unspecified atom stereocenters. The van der Waals surface area contributed by atoms with Crippen molar-refractivity contribution in [1.29, 1.82) is 0 Å². The van der Waals surface area contributed by atoms with E-state index >= 15 is 0 Å². The minimum atomic E-state index is -3.59. The van der Waals surface area contributed by atoms with Crippen LogP contribution in [0, 0.1) is 13.8 Å². The van der Waals surface area contributed by atoms with Gasteiger partial charge in [-0.1, -0.05) is 6.07 Å². The van der Waals surface area contributed by atoms with Crippen molar-refractivity contribution >= 4 is 21.6 Å². The van der Waals surface area contributed by atoms with Gasteiger partial charge in [-0.3, -0.25) is 4.79 Å². The van der Waals surface area contributed by atoms with Crippen LogP contribution >= 0.6 is 0 Å². The Hall–Kier alpha value is -2.58. The van der Waals surface area contributed by atoms with E-state index in [1.807, 2.05) is 26.0 Å². The average molecular weight is 421 g/mol. The van der Waals surface area contributed by atoms with E-state index in [-0.39, 0.29) is 17.2 Å². The number of carbonyl (C=O) groups is 1. The van der Waals surface area contributed by atoms with E-state index in [1.165, 1.54) is 20.2 Å². The summed E-state index contributed by atoms with van der Waals surface area (Å²) in [7, 11) is 2.50. The third-order valence-electron chi connectivity index (χ3n) is 4.78. The van der Waals surface area contributed by atoms with E-state index in [4.69, 9.17) is 9.47 Å². The molecule has 0 aliphatic heterocycles. The Kier molecular flexibility index (Phi) is 7.26. The molecular weight excluding hydrogens is 392 g/mol. The van der Waals surface area contributed by atoms with E-state index in [2.05, 4.69) is 5.32 Å². The molecule has 0 aromatic heterocycles. The lowest BCUT2D eigenvalue weighted by molar-refractivity contribution is -0.116. The number of nitrogens with one attached hydrogen (secondary N) is 1.